The fraction of sp³-hybridized carbons (Fsp3) is 0.394. The van der Waals surface area contributed by atoms with E-state index in [2.05, 4.69) is 39.0 Å². The van der Waals surface area contributed by atoms with Gasteiger partial charge < -0.3 is 15.0 Å². The van der Waals surface area contributed by atoms with Gasteiger partial charge in [-0.05, 0) is 72.6 Å². The van der Waals surface area contributed by atoms with Gasteiger partial charge in [-0.15, -0.1) is 0 Å². The van der Waals surface area contributed by atoms with Crippen molar-refractivity contribution in [3.05, 3.63) is 102 Å². The highest BCUT2D eigenvalue weighted by molar-refractivity contribution is 5.69. The second kappa shape index (κ2) is 12.2. The van der Waals surface area contributed by atoms with Crippen molar-refractivity contribution in [1.82, 2.24) is 25.3 Å². The summed E-state index contributed by atoms with van der Waals surface area (Å²) in [6.07, 6.45) is 10.1. The highest BCUT2D eigenvalue weighted by atomic mass is 19.1. The maximum Gasteiger partial charge on any atom is 0.135 e. The van der Waals surface area contributed by atoms with Gasteiger partial charge in [0.25, 0.3) is 0 Å². The minimum Gasteiger partial charge on any atom is -0.371 e. The molecule has 1 spiro atoms. The van der Waals surface area contributed by atoms with E-state index in [0.29, 0.717) is 26.0 Å². The zero-order chi connectivity index (χ0) is 29.1. The Hall–Kier alpha value is -3.82. The molecule has 0 radical (unpaired) electrons. The van der Waals surface area contributed by atoms with Crippen molar-refractivity contribution in [1.29, 1.82) is 0 Å². The molecular formula is C33H36F2N6O. The lowest BCUT2D eigenvalue weighted by molar-refractivity contribution is 0.0223. The van der Waals surface area contributed by atoms with E-state index >= 15 is 0 Å². The van der Waals surface area contributed by atoms with Crippen molar-refractivity contribution in [3.8, 4) is 11.1 Å². The van der Waals surface area contributed by atoms with Crippen LogP contribution in [-0.2, 0) is 24.1 Å². The zero-order valence-corrected chi connectivity index (χ0v) is 24.1. The number of benzene rings is 2. The van der Waals surface area contributed by atoms with Gasteiger partial charge >= 0.3 is 0 Å². The van der Waals surface area contributed by atoms with Gasteiger partial charge in [-0.1, -0.05) is 32.0 Å². The number of anilines is 1. The van der Waals surface area contributed by atoms with E-state index < -0.39 is 0 Å². The molecule has 2 atom stereocenters. The Kier molecular flexibility index (Phi) is 8.22. The van der Waals surface area contributed by atoms with Gasteiger partial charge in [-0.25, -0.2) is 28.7 Å². The third-order valence-corrected chi connectivity index (χ3v) is 8.41. The van der Waals surface area contributed by atoms with E-state index in [-0.39, 0.29) is 29.2 Å². The van der Waals surface area contributed by atoms with Crippen LogP contribution in [0.3, 0.4) is 0 Å². The molecule has 218 valence electrons. The molecule has 2 aromatic carbocycles. The van der Waals surface area contributed by atoms with Crippen molar-refractivity contribution in [3.63, 3.8) is 0 Å². The standard InChI is InChI=1S/C33H36F2N6O/c1-22(2)31-30(17-37-20-39-31)29-13-27(35)10-7-24(29)5-6-25-16-36-21-40-32(25)41-12-11-33(19-41)14-28(18-42-33)38-15-23-3-8-26(34)9-4-23/h3-4,7-10,13,16-17,20-22,28,38H,5-6,11-12,14-15,18-19H2,1-2H3. The van der Waals surface area contributed by atoms with Gasteiger partial charge in [0, 0.05) is 49.2 Å². The summed E-state index contributed by atoms with van der Waals surface area (Å²) in [6.45, 7) is 7.13. The molecule has 42 heavy (non-hydrogen) atoms. The van der Waals surface area contributed by atoms with Gasteiger partial charge in [-0.3, -0.25) is 0 Å². The summed E-state index contributed by atoms with van der Waals surface area (Å²) in [5, 5.41) is 3.58. The van der Waals surface area contributed by atoms with E-state index in [4.69, 9.17) is 9.72 Å². The van der Waals surface area contributed by atoms with E-state index in [1.165, 1.54) is 18.2 Å². The molecule has 2 aromatic heterocycles. The Balaban J connectivity index is 1.14. The van der Waals surface area contributed by atoms with Crippen molar-refractivity contribution < 1.29 is 13.5 Å². The van der Waals surface area contributed by atoms with Crippen LogP contribution in [0.2, 0.25) is 0 Å². The third kappa shape index (κ3) is 6.17. The van der Waals surface area contributed by atoms with Crippen LogP contribution in [0.1, 0.15) is 55.0 Å². The summed E-state index contributed by atoms with van der Waals surface area (Å²) in [5.41, 5.74) is 5.54. The zero-order valence-electron chi connectivity index (χ0n) is 24.1. The Labute approximate surface area is 245 Å². The number of nitrogens with zero attached hydrogens (tertiary/aromatic N) is 5. The topological polar surface area (TPSA) is 76.1 Å². The predicted molar refractivity (Wildman–Crippen MR) is 158 cm³/mol. The van der Waals surface area contributed by atoms with Gasteiger partial charge in [0.05, 0.1) is 17.9 Å². The number of hydrogen-bond acceptors (Lipinski definition) is 7. The molecule has 7 nitrogen and oxygen atoms in total. The molecular weight excluding hydrogens is 534 g/mol. The van der Waals surface area contributed by atoms with Crippen LogP contribution in [0.15, 0.2) is 67.5 Å². The van der Waals surface area contributed by atoms with Gasteiger partial charge in [-0.2, -0.15) is 0 Å². The van der Waals surface area contributed by atoms with Crippen LogP contribution >= 0.6 is 0 Å². The minimum atomic E-state index is -0.277. The quantitative estimate of drug-likeness (QED) is 0.279. The molecule has 2 aliphatic rings. The van der Waals surface area contributed by atoms with E-state index in [0.717, 1.165) is 65.3 Å². The number of aryl methyl sites for hydroxylation is 2. The number of rotatable bonds is 9. The molecule has 2 aliphatic heterocycles. The Morgan fingerprint density at radius 1 is 0.952 bits per heavy atom. The fourth-order valence-electron chi connectivity index (χ4n) is 6.26. The second-order valence-electron chi connectivity index (χ2n) is 11.7. The molecule has 0 amide bonds. The summed E-state index contributed by atoms with van der Waals surface area (Å²) in [6, 6.07) is 11.8. The van der Waals surface area contributed by atoms with Crippen LogP contribution in [0, 0.1) is 11.6 Å². The normalized spacial score (nSPS) is 20.2. The summed E-state index contributed by atoms with van der Waals surface area (Å²) < 4.78 is 34.1. The number of aromatic nitrogens is 4. The lowest BCUT2D eigenvalue weighted by Crippen LogP contribution is -2.35. The number of ether oxygens (including phenoxy) is 1. The summed E-state index contributed by atoms with van der Waals surface area (Å²) in [5.74, 6) is 0.621. The van der Waals surface area contributed by atoms with Gasteiger partial charge in [0.1, 0.15) is 30.1 Å². The smallest absolute Gasteiger partial charge is 0.135 e. The molecule has 1 N–H and O–H groups in total. The largest absolute Gasteiger partial charge is 0.371 e. The molecule has 0 aliphatic carbocycles. The highest BCUT2D eigenvalue weighted by Gasteiger charge is 2.46. The average Bonchev–Trinajstić information content (AvgIpc) is 3.62. The van der Waals surface area contributed by atoms with E-state index in [1.807, 2.05) is 24.4 Å². The summed E-state index contributed by atoms with van der Waals surface area (Å²) >= 11 is 0. The molecule has 0 bridgehead atoms. The first-order chi connectivity index (χ1) is 20.4. The Bertz CT molecular complexity index is 1530. The lowest BCUT2D eigenvalue weighted by atomic mass is 9.92. The van der Waals surface area contributed by atoms with Gasteiger partial charge in [0.15, 0.2) is 0 Å². The molecule has 4 aromatic rings. The number of nitrogens with one attached hydrogen (secondary N) is 1. The maximum absolute atomic E-state index is 14.4. The first kappa shape index (κ1) is 28.3. The average molecular weight is 571 g/mol. The number of hydrogen-bond donors (Lipinski definition) is 1. The minimum absolute atomic E-state index is 0.186. The van der Waals surface area contributed by atoms with Crippen LogP contribution < -0.4 is 10.2 Å². The summed E-state index contributed by atoms with van der Waals surface area (Å²) in [4.78, 5) is 20.1. The first-order valence-electron chi connectivity index (χ1n) is 14.6. The Morgan fingerprint density at radius 2 is 1.71 bits per heavy atom. The van der Waals surface area contributed by atoms with E-state index in [9.17, 15) is 8.78 Å². The lowest BCUT2D eigenvalue weighted by Gasteiger charge is -2.25. The van der Waals surface area contributed by atoms with Crippen molar-refractivity contribution >= 4 is 5.82 Å². The monoisotopic (exact) mass is 570 g/mol. The molecule has 6 rings (SSSR count). The molecule has 4 heterocycles. The van der Waals surface area contributed by atoms with Crippen molar-refractivity contribution in [2.24, 2.45) is 0 Å². The van der Waals surface area contributed by atoms with Crippen molar-refractivity contribution in [2.45, 2.75) is 63.6 Å². The van der Waals surface area contributed by atoms with Crippen LogP contribution in [0.5, 0.6) is 0 Å². The van der Waals surface area contributed by atoms with Gasteiger partial charge in [0.2, 0.25) is 0 Å². The molecule has 0 saturated carbocycles. The first-order valence-corrected chi connectivity index (χ1v) is 14.6. The Morgan fingerprint density at radius 3 is 2.55 bits per heavy atom. The summed E-state index contributed by atoms with van der Waals surface area (Å²) in [7, 11) is 0. The fourth-order valence-corrected chi connectivity index (χ4v) is 6.26. The molecule has 2 saturated heterocycles. The van der Waals surface area contributed by atoms with Crippen LogP contribution in [-0.4, -0.2) is 51.3 Å². The molecule has 2 unspecified atom stereocenters. The van der Waals surface area contributed by atoms with Crippen LogP contribution in [0.4, 0.5) is 14.6 Å². The molecule has 2 fully saturated rings. The van der Waals surface area contributed by atoms with Crippen LogP contribution in [0.25, 0.3) is 11.1 Å². The third-order valence-electron chi connectivity index (χ3n) is 8.41. The number of halogens is 2. The predicted octanol–water partition coefficient (Wildman–Crippen LogP) is 5.65. The van der Waals surface area contributed by atoms with Crippen molar-refractivity contribution in [2.75, 3.05) is 24.6 Å². The molecule has 9 heteroatoms. The maximum atomic E-state index is 14.4. The SMILES string of the molecule is CC(C)c1ncncc1-c1cc(F)ccc1CCc1cncnc1N1CCC2(CC(NCc3ccc(F)cc3)CO2)C1. The van der Waals surface area contributed by atoms with E-state index in [1.54, 1.807) is 24.9 Å². The second-order valence-corrected chi connectivity index (χ2v) is 11.7. The highest BCUT2D eigenvalue weighted by Crippen LogP contribution is 2.38.